The minimum absolute atomic E-state index is 0.205. The molecule has 1 saturated heterocycles. The van der Waals surface area contributed by atoms with E-state index in [4.69, 9.17) is 0 Å². The van der Waals surface area contributed by atoms with Crippen molar-refractivity contribution in [3.63, 3.8) is 0 Å². The second-order valence-corrected chi connectivity index (χ2v) is 11.7. The van der Waals surface area contributed by atoms with Gasteiger partial charge in [0.1, 0.15) is 0 Å². The van der Waals surface area contributed by atoms with Crippen molar-refractivity contribution in [2.24, 2.45) is 28.6 Å². The molecule has 3 nitrogen and oxygen atoms in total. The maximum Gasteiger partial charge on any atom is 0.152 e. The SMILES string of the molecule is CN(CC1CCC(C(C)(C)C)CC1)CC1CCN(CC(=O)C(C)(C)C)CC1. The minimum atomic E-state index is -0.205. The van der Waals surface area contributed by atoms with Gasteiger partial charge in [-0.25, -0.2) is 0 Å². The van der Waals surface area contributed by atoms with Crippen LogP contribution < -0.4 is 0 Å². The fraction of sp³-hybridized carbons (Fsp3) is 0.958. The third-order valence-electron chi connectivity index (χ3n) is 7.12. The Morgan fingerprint density at radius 2 is 1.33 bits per heavy atom. The zero-order valence-electron chi connectivity index (χ0n) is 19.3. The first kappa shape index (κ1) is 22.9. The summed E-state index contributed by atoms with van der Waals surface area (Å²) in [4.78, 5) is 17.2. The Balaban J connectivity index is 1.65. The van der Waals surface area contributed by atoms with E-state index in [1.807, 2.05) is 20.8 Å². The van der Waals surface area contributed by atoms with Gasteiger partial charge in [0.15, 0.2) is 5.78 Å². The standard InChI is InChI=1S/C24H46N2O/c1-23(2,3)21-10-8-19(9-11-21)16-25(7)17-20-12-14-26(15-13-20)18-22(27)24(4,5)6/h19-21H,8-18H2,1-7H3. The van der Waals surface area contributed by atoms with Gasteiger partial charge in [-0.2, -0.15) is 0 Å². The minimum Gasteiger partial charge on any atom is -0.306 e. The maximum absolute atomic E-state index is 12.2. The molecule has 0 spiro atoms. The van der Waals surface area contributed by atoms with Crippen LogP contribution in [0.25, 0.3) is 0 Å². The maximum atomic E-state index is 12.2. The topological polar surface area (TPSA) is 23.6 Å². The van der Waals surface area contributed by atoms with E-state index >= 15 is 0 Å². The molecule has 0 N–H and O–H groups in total. The van der Waals surface area contributed by atoms with Crippen molar-refractivity contribution in [1.29, 1.82) is 0 Å². The molecule has 27 heavy (non-hydrogen) atoms. The van der Waals surface area contributed by atoms with Gasteiger partial charge in [0.2, 0.25) is 0 Å². The molecule has 0 aromatic heterocycles. The van der Waals surface area contributed by atoms with Gasteiger partial charge in [-0.1, -0.05) is 41.5 Å². The smallest absolute Gasteiger partial charge is 0.152 e. The molecule has 0 amide bonds. The van der Waals surface area contributed by atoms with Gasteiger partial charge in [-0.15, -0.1) is 0 Å². The third kappa shape index (κ3) is 7.49. The Hall–Kier alpha value is -0.410. The highest BCUT2D eigenvalue weighted by atomic mass is 16.1. The quantitative estimate of drug-likeness (QED) is 0.642. The molecular formula is C24H46N2O. The second-order valence-electron chi connectivity index (χ2n) is 11.7. The first-order chi connectivity index (χ1) is 12.4. The summed E-state index contributed by atoms with van der Waals surface area (Å²) in [5, 5.41) is 0. The number of ketones is 1. The summed E-state index contributed by atoms with van der Waals surface area (Å²) in [7, 11) is 2.32. The molecule has 0 aromatic carbocycles. The van der Waals surface area contributed by atoms with Gasteiger partial charge in [-0.05, 0) is 81.8 Å². The Morgan fingerprint density at radius 1 is 0.852 bits per heavy atom. The van der Waals surface area contributed by atoms with Crippen molar-refractivity contribution in [3.05, 3.63) is 0 Å². The number of carbonyl (C=O) groups is 1. The Morgan fingerprint density at radius 3 is 1.78 bits per heavy atom. The lowest BCUT2D eigenvalue weighted by molar-refractivity contribution is -0.127. The number of piperidine rings is 1. The van der Waals surface area contributed by atoms with E-state index in [-0.39, 0.29) is 5.41 Å². The van der Waals surface area contributed by atoms with Gasteiger partial charge in [0.25, 0.3) is 0 Å². The average molecular weight is 379 g/mol. The molecule has 158 valence electrons. The number of hydrogen-bond acceptors (Lipinski definition) is 3. The lowest BCUT2D eigenvalue weighted by Crippen LogP contribution is -2.43. The van der Waals surface area contributed by atoms with Crippen molar-refractivity contribution in [2.45, 2.75) is 80.1 Å². The van der Waals surface area contributed by atoms with Crippen LogP contribution in [0.1, 0.15) is 80.1 Å². The van der Waals surface area contributed by atoms with Gasteiger partial charge in [0, 0.05) is 18.5 Å². The summed E-state index contributed by atoms with van der Waals surface area (Å²) in [6, 6.07) is 0. The molecule has 0 radical (unpaired) electrons. The largest absolute Gasteiger partial charge is 0.306 e. The molecule has 1 aliphatic carbocycles. The van der Waals surface area contributed by atoms with Gasteiger partial charge >= 0.3 is 0 Å². The summed E-state index contributed by atoms with van der Waals surface area (Å²) in [5.41, 5.74) is 0.280. The van der Waals surface area contributed by atoms with Crippen LogP contribution in [0.3, 0.4) is 0 Å². The first-order valence-corrected chi connectivity index (χ1v) is 11.4. The summed E-state index contributed by atoms with van der Waals surface area (Å²) in [5.74, 6) is 3.00. The van der Waals surface area contributed by atoms with E-state index in [2.05, 4.69) is 37.6 Å². The van der Waals surface area contributed by atoms with E-state index in [0.717, 1.165) is 30.8 Å². The molecule has 2 aliphatic rings. The van der Waals surface area contributed by atoms with Crippen molar-refractivity contribution in [1.82, 2.24) is 9.80 Å². The third-order valence-corrected chi connectivity index (χ3v) is 7.12. The molecule has 0 aromatic rings. The van der Waals surface area contributed by atoms with E-state index in [1.165, 1.54) is 51.6 Å². The van der Waals surface area contributed by atoms with E-state index < -0.39 is 0 Å². The van der Waals surface area contributed by atoms with E-state index in [0.29, 0.717) is 17.7 Å². The Labute approximate surface area is 169 Å². The molecule has 1 aliphatic heterocycles. The zero-order chi connectivity index (χ0) is 20.2. The van der Waals surface area contributed by atoms with Crippen molar-refractivity contribution < 1.29 is 4.79 Å². The van der Waals surface area contributed by atoms with Crippen LogP contribution in [0.2, 0.25) is 0 Å². The van der Waals surface area contributed by atoms with Crippen molar-refractivity contribution >= 4 is 5.78 Å². The molecule has 0 unspecified atom stereocenters. The van der Waals surface area contributed by atoms with Crippen LogP contribution in [-0.4, -0.2) is 55.4 Å². The van der Waals surface area contributed by atoms with Crippen LogP contribution in [0.5, 0.6) is 0 Å². The molecule has 2 fully saturated rings. The summed E-state index contributed by atoms with van der Waals surface area (Å²) in [6.07, 6.45) is 8.17. The number of rotatable bonds is 6. The molecule has 2 rings (SSSR count). The van der Waals surface area contributed by atoms with Gasteiger partial charge in [0.05, 0.1) is 6.54 Å². The number of nitrogens with zero attached hydrogens (tertiary/aromatic N) is 2. The normalized spacial score (nSPS) is 26.5. The summed E-state index contributed by atoms with van der Waals surface area (Å²) >= 11 is 0. The highest BCUT2D eigenvalue weighted by Crippen LogP contribution is 2.40. The molecule has 0 bridgehead atoms. The highest BCUT2D eigenvalue weighted by Gasteiger charge is 2.31. The van der Waals surface area contributed by atoms with Crippen LogP contribution in [0, 0.1) is 28.6 Å². The van der Waals surface area contributed by atoms with Crippen LogP contribution in [0.15, 0.2) is 0 Å². The van der Waals surface area contributed by atoms with Crippen LogP contribution >= 0.6 is 0 Å². The Kier molecular flexibility index (Phi) is 7.96. The predicted octanol–water partition coefficient (Wildman–Crippen LogP) is 5.10. The zero-order valence-corrected chi connectivity index (χ0v) is 19.3. The fourth-order valence-electron chi connectivity index (χ4n) is 4.93. The number of likely N-dealkylation sites (tertiary alicyclic amines) is 1. The average Bonchev–Trinajstić information content (AvgIpc) is 2.55. The lowest BCUT2D eigenvalue weighted by Gasteiger charge is -2.39. The monoisotopic (exact) mass is 378 g/mol. The highest BCUT2D eigenvalue weighted by molar-refractivity contribution is 5.85. The van der Waals surface area contributed by atoms with Crippen molar-refractivity contribution in [2.75, 3.05) is 39.8 Å². The van der Waals surface area contributed by atoms with Gasteiger partial charge < -0.3 is 4.90 Å². The van der Waals surface area contributed by atoms with Crippen molar-refractivity contribution in [3.8, 4) is 0 Å². The van der Waals surface area contributed by atoms with Gasteiger partial charge in [-0.3, -0.25) is 9.69 Å². The molecule has 3 heteroatoms. The van der Waals surface area contributed by atoms with E-state index in [9.17, 15) is 4.79 Å². The number of hydrogen-bond donors (Lipinski definition) is 0. The molecule has 0 atom stereocenters. The first-order valence-electron chi connectivity index (χ1n) is 11.4. The molecule has 1 heterocycles. The fourth-order valence-corrected chi connectivity index (χ4v) is 4.93. The Bertz CT molecular complexity index is 458. The molecular weight excluding hydrogens is 332 g/mol. The summed E-state index contributed by atoms with van der Waals surface area (Å²) < 4.78 is 0. The summed E-state index contributed by atoms with van der Waals surface area (Å²) in [6.45, 7) is 18.7. The molecule has 1 saturated carbocycles. The second kappa shape index (κ2) is 9.39. The lowest BCUT2D eigenvalue weighted by atomic mass is 9.70. The number of Topliss-reactive ketones (excluding diaryl/α,β-unsaturated/α-hetero) is 1. The number of carbonyl (C=O) groups excluding carboxylic acids is 1. The van der Waals surface area contributed by atoms with Crippen LogP contribution in [0.4, 0.5) is 0 Å². The van der Waals surface area contributed by atoms with E-state index in [1.54, 1.807) is 0 Å². The predicted molar refractivity (Wildman–Crippen MR) is 116 cm³/mol. The van der Waals surface area contributed by atoms with Crippen LogP contribution in [-0.2, 0) is 4.79 Å².